The fourth-order valence-corrected chi connectivity index (χ4v) is 5.37. The zero-order chi connectivity index (χ0) is 22.4. The van der Waals surface area contributed by atoms with E-state index < -0.39 is 5.41 Å². The van der Waals surface area contributed by atoms with Gasteiger partial charge in [0.25, 0.3) is 0 Å². The zero-order valence-corrected chi connectivity index (χ0v) is 18.6. The summed E-state index contributed by atoms with van der Waals surface area (Å²) < 4.78 is 2.34. The maximum absolute atomic E-state index is 5.26. The first-order valence-electron chi connectivity index (χ1n) is 11.3. The van der Waals surface area contributed by atoms with Crippen LogP contribution in [0.1, 0.15) is 35.0 Å². The molecule has 2 nitrogen and oxygen atoms in total. The number of allylic oxidation sites excluding steroid dienone is 3. The lowest BCUT2D eigenvalue weighted by atomic mass is 9.69. The second-order valence-electron chi connectivity index (χ2n) is 8.42. The molecule has 0 bridgehead atoms. The van der Waals surface area contributed by atoms with Crippen molar-refractivity contribution in [3.8, 4) is 5.69 Å². The number of hydrogen-bond acceptors (Lipinski definition) is 1. The quantitative estimate of drug-likeness (QED) is 0.271. The third kappa shape index (κ3) is 2.64. The van der Waals surface area contributed by atoms with Gasteiger partial charge in [-0.3, -0.25) is 4.57 Å². The highest BCUT2D eigenvalue weighted by atomic mass is 15.1. The van der Waals surface area contributed by atoms with Gasteiger partial charge in [0.2, 0.25) is 0 Å². The van der Waals surface area contributed by atoms with E-state index in [2.05, 4.69) is 127 Å². The van der Waals surface area contributed by atoms with Gasteiger partial charge in [0, 0.05) is 0 Å². The van der Waals surface area contributed by atoms with Crippen LogP contribution in [0.5, 0.6) is 0 Å². The normalized spacial score (nSPS) is 14.2. The van der Waals surface area contributed by atoms with Crippen molar-refractivity contribution >= 4 is 16.6 Å². The molecule has 0 atom stereocenters. The first-order valence-corrected chi connectivity index (χ1v) is 11.3. The van der Waals surface area contributed by atoms with Gasteiger partial charge in [0.1, 0.15) is 11.2 Å². The molecule has 33 heavy (non-hydrogen) atoms. The molecule has 0 amide bonds. The van der Waals surface area contributed by atoms with Crippen LogP contribution < -0.4 is 0 Å². The molecule has 0 spiro atoms. The van der Waals surface area contributed by atoms with Crippen molar-refractivity contribution in [2.75, 3.05) is 0 Å². The van der Waals surface area contributed by atoms with Gasteiger partial charge in [-0.05, 0) is 59.0 Å². The van der Waals surface area contributed by atoms with Gasteiger partial charge >= 0.3 is 0 Å². The molecule has 0 N–H and O–H groups in total. The monoisotopic (exact) mass is 424 g/mol. The van der Waals surface area contributed by atoms with E-state index in [1.165, 1.54) is 22.4 Å². The minimum absolute atomic E-state index is 0.521. The Morgan fingerprint density at radius 1 is 0.818 bits per heavy atom. The summed E-state index contributed by atoms with van der Waals surface area (Å²) in [6.07, 6.45) is 4.04. The summed E-state index contributed by atoms with van der Waals surface area (Å²) in [5.41, 5.74) is 8.76. The van der Waals surface area contributed by atoms with Crippen LogP contribution in [0.25, 0.3) is 22.3 Å². The molecular formula is C31H24N2. The maximum Gasteiger partial charge on any atom is 0.134 e. The number of benzene rings is 4. The Morgan fingerprint density at radius 2 is 1.45 bits per heavy atom. The molecule has 0 radical (unpaired) electrons. The Labute approximate surface area is 194 Å². The predicted octanol–water partition coefficient (Wildman–Crippen LogP) is 7.31. The molecule has 1 aromatic heterocycles. The van der Waals surface area contributed by atoms with Crippen molar-refractivity contribution in [1.29, 1.82) is 0 Å². The molecule has 2 heterocycles. The molecule has 0 saturated carbocycles. The van der Waals surface area contributed by atoms with E-state index in [0.717, 1.165) is 28.0 Å². The Kier molecular flexibility index (Phi) is 4.41. The van der Waals surface area contributed by atoms with E-state index in [0.29, 0.717) is 0 Å². The molecule has 0 aliphatic carbocycles. The molecule has 0 fully saturated rings. The fraction of sp³-hybridized carbons (Fsp3) is 0.0645. The van der Waals surface area contributed by atoms with Gasteiger partial charge in [-0.15, -0.1) is 0 Å². The molecule has 0 saturated heterocycles. The van der Waals surface area contributed by atoms with Crippen LogP contribution in [0.3, 0.4) is 0 Å². The number of imidazole rings is 1. The van der Waals surface area contributed by atoms with Crippen molar-refractivity contribution in [1.82, 2.24) is 9.55 Å². The third-order valence-corrected chi connectivity index (χ3v) is 6.82. The highest BCUT2D eigenvalue weighted by Gasteiger charge is 2.49. The Balaban J connectivity index is 1.82. The second-order valence-corrected chi connectivity index (χ2v) is 8.42. The Hall–Kier alpha value is -4.17. The summed E-state index contributed by atoms with van der Waals surface area (Å²) in [5, 5.41) is 0. The van der Waals surface area contributed by atoms with Crippen molar-refractivity contribution in [2.24, 2.45) is 0 Å². The van der Waals surface area contributed by atoms with E-state index in [1.54, 1.807) is 0 Å². The van der Waals surface area contributed by atoms with Gasteiger partial charge in [0.05, 0.1) is 16.7 Å². The van der Waals surface area contributed by atoms with E-state index in [-0.39, 0.29) is 0 Å². The molecular weight excluding hydrogens is 400 g/mol. The molecule has 158 valence electrons. The lowest BCUT2D eigenvalue weighted by Gasteiger charge is -2.31. The van der Waals surface area contributed by atoms with Gasteiger partial charge in [-0.1, -0.05) is 97.6 Å². The summed E-state index contributed by atoms with van der Waals surface area (Å²) >= 11 is 0. The standard InChI is InChI=1S/C31H24N2/c1-3-22(4-2)23-19-20-28-26(21-23)31(24-13-7-5-8-14-24,25-15-9-6-10-16-25)30-32-27-17-11-12-18-29(27)33(28)30/h3-21H,1H2,2H3/b22-4+. The average Bonchev–Trinajstić information content (AvgIpc) is 3.39. The maximum atomic E-state index is 5.26. The highest BCUT2D eigenvalue weighted by Crippen LogP contribution is 2.53. The molecule has 6 rings (SSSR count). The Morgan fingerprint density at radius 3 is 2.09 bits per heavy atom. The van der Waals surface area contributed by atoms with Gasteiger partial charge in [-0.25, -0.2) is 4.98 Å². The summed E-state index contributed by atoms with van der Waals surface area (Å²) in [6.45, 7) is 6.10. The minimum Gasteiger partial charge on any atom is -0.295 e. The van der Waals surface area contributed by atoms with E-state index in [4.69, 9.17) is 4.98 Å². The van der Waals surface area contributed by atoms with Crippen LogP contribution in [0.2, 0.25) is 0 Å². The van der Waals surface area contributed by atoms with Crippen LogP contribution in [0, 0.1) is 0 Å². The van der Waals surface area contributed by atoms with Gasteiger partial charge in [0.15, 0.2) is 0 Å². The number of aromatic nitrogens is 2. The number of hydrogen-bond donors (Lipinski definition) is 0. The van der Waals surface area contributed by atoms with Crippen molar-refractivity contribution in [3.63, 3.8) is 0 Å². The molecule has 5 aromatic rings. The Bertz CT molecular complexity index is 1480. The molecule has 1 aliphatic rings. The summed E-state index contributed by atoms with van der Waals surface area (Å²) in [7, 11) is 0. The fourth-order valence-electron chi connectivity index (χ4n) is 5.37. The van der Waals surface area contributed by atoms with E-state index >= 15 is 0 Å². The zero-order valence-electron chi connectivity index (χ0n) is 18.6. The predicted molar refractivity (Wildman–Crippen MR) is 137 cm³/mol. The van der Waals surface area contributed by atoms with Gasteiger partial charge in [-0.2, -0.15) is 0 Å². The summed E-state index contributed by atoms with van der Waals surface area (Å²) in [4.78, 5) is 5.26. The first kappa shape index (κ1) is 19.5. The van der Waals surface area contributed by atoms with Crippen LogP contribution in [-0.2, 0) is 5.41 Å². The molecule has 1 aliphatic heterocycles. The summed E-state index contributed by atoms with van der Waals surface area (Å²) in [6, 6.07) is 36.7. The van der Waals surface area contributed by atoms with E-state index in [1.807, 2.05) is 6.08 Å². The van der Waals surface area contributed by atoms with Crippen molar-refractivity contribution in [2.45, 2.75) is 12.3 Å². The van der Waals surface area contributed by atoms with Crippen LogP contribution >= 0.6 is 0 Å². The second kappa shape index (κ2) is 7.46. The number of para-hydroxylation sites is 2. The average molecular weight is 425 g/mol. The van der Waals surface area contributed by atoms with Crippen LogP contribution in [0.15, 0.2) is 122 Å². The lowest BCUT2D eigenvalue weighted by molar-refractivity contribution is 0.717. The minimum atomic E-state index is -0.521. The van der Waals surface area contributed by atoms with Crippen LogP contribution in [-0.4, -0.2) is 9.55 Å². The topological polar surface area (TPSA) is 17.8 Å². The first-order chi connectivity index (χ1) is 16.3. The van der Waals surface area contributed by atoms with Gasteiger partial charge < -0.3 is 0 Å². The van der Waals surface area contributed by atoms with E-state index in [9.17, 15) is 0 Å². The molecule has 0 unspecified atom stereocenters. The largest absolute Gasteiger partial charge is 0.295 e. The smallest absolute Gasteiger partial charge is 0.134 e. The number of nitrogens with zero attached hydrogens (tertiary/aromatic N) is 2. The highest BCUT2D eigenvalue weighted by molar-refractivity contribution is 5.85. The lowest BCUT2D eigenvalue weighted by Crippen LogP contribution is -2.29. The number of fused-ring (bicyclic) bond motifs is 5. The van der Waals surface area contributed by atoms with Crippen molar-refractivity contribution < 1.29 is 0 Å². The third-order valence-electron chi connectivity index (χ3n) is 6.82. The SMILES string of the molecule is C=C/C(=C\C)c1ccc2c(c1)C(c1ccccc1)(c1ccccc1)c1nc3ccccc3n1-2. The molecule has 2 heteroatoms. The van der Waals surface area contributed by atoms with Crippen LogP contribution in [0.4, 0.5) is 0 Å². The molecule has 4 aromatic carbocycles. The summed E-state index contributed by atoms with van der Waals surface area (Å²) in [5.74, 6) is 1.04. The number of rotatable bonds is 4. The van der Waals surface area contributed by atoms with Crippen molar-refractivity contribution in [3.05, 3.63) is 150 Å².